The molecule has 1 aromatic heterocycles. The predicted molar refractivity (Wildman–Crippen MR) is 86.4 cm³/mol. The molecule has 0 spiro atoms. The minimum absolute atomic E-state index is 0.00435. The van der Waals surface area contributed by atoms with E-state index in [1.807, 2.05) is 11.8 Å². The third kappa shape index (κ3) is 2.57. The maximum absolute atomic E-state index is 12.7. The summed E-state index contributed by atoms with van der Waals surface area (Å²) in [6, 6.07) is 6.84. The first-order chi connectivity index (χ1) is 10.5. The number of fused-ring (bicyclic) bond motifs is 1. The average molecular weight is 319 g/mol. The summed E-state index contributed by atoms with van der Waals surface area (Å²) in [7, 11) is 0. The van der Waals surface area contributed by atoms with Gasteiger partial charge < -0.3 is 10.2 Å². The Morgan fingerprint density at radius 3 is 2.91 bits per heavy atom. The number of non-ortho nitro benzene ring substituents is 1. The van der Waals surface area contributed by atoms with Crippen LogP contribution in [0.2, 0.25) is 0 Å². The van der Waals surface area contributed by atoms with E-state index in [9.17, 15) is 14.9 Å². The molecule has 1 N–H and O–H groups in total. The number of nitro benzene ring substituents is 1. The highest BCUT2D eigenvalue weighted by atomic mass is 32.1. The summed E-state index contributed by atoms with van der Waals surface area (Å²) in [4.78, 5) is 25.7. The van der Waals surface area contributed by atoms with Crippen LogP contribution in [0.15, 0.2) is 24.3 Å². The quantitative estimate of drug-likeness (QED) is 0.682. The third-order valence-corrected chi connectivity index (χ3v) is 5.32. The third-order valence-electron chi connectivity index (χ3n) is 4.22. The molecule has 0 radical (unpaired) electrons. The summed E-state index contributed by atoms with van der Waals surface area (Å²) in [5.41, 5.74) is 0.0495. The van der Waals surface area contributed by atoms with Gasteiger partial charge >= 0.3 is 0 Å². The molecule has 1 amide bonds. The van der Waals surface area contributed by atoms with E-state index >= 15 is 0 Å². The van der Waals surface area contributed by atoms with Crippen LogP contribution >= 0.6 is 11.3 Å². The minimum atomic E-state index is -0.418. The zero-order valence-corrected chi connectivity index (χ0v) is 13.2. The fraction of sp³-hybridized carbons (Fsp3) is 0.400. The Hall–Kier alpha value is -1.99. The zero-order valence-electron chi connectivity index (χ0n) is 12.4. The molecule has 2 heterocycles. The van der Waals surface area contributed by atoms with Gasteiger partial charge in [-0.2, -0.15) is 0 Å². The largest absolute Gasteiger partial charge is 0.332 e. The van der Waals surface area contributed by atoms with Gasteiger partial charge in [-0.3, -0.25) is 14.9 Å². The number of carbonyl (C=O) groups is 1. The van der Waals surface area contributed by atoms with Crippen LogP contribution in [0.3, 0.4) is 0 Å². The van der Waals surface area contributed by atoms with Crippen molar-refractivity contribution in [2.75, 3.05) is 13.1 Å². The molecule has 7 heteroatoms. The first kappa shape index (κ1) is 14.9. The van der Waals surface area contributed by atoms with Crippen molar-refractivity contribution in [1.82, 2.24) is 10.2 Å². The maximum Gasteiger partial charge on any atom is 0.270 e. The molecule has 6 nitrogen and oxygen atoms in total. The van der Waals surface area contributed by atoms with Crippen molar-refractivity contribution in [1.29, 1.82) is 0 Å². The van der Waals surface area contributed by atoms with Gasteiger partial charge in [-0.15, -0.1) is 11.3 Å². The van der Waals surface area contributed by atoms with Crippen LogP contribution in [0.5, 0.6) is 0 Å². The van der Waals surface area contributed by atoms with Crippen molar-refractivity contribution in [2.45, 2.75) is 25.9 Å². The number of nitro groups is 1. The molecule has 1 aliphatic heterocycles. The van der Waals surface area contributed by atoms with E-state index in [4.69, 9.17) is 0 Å². The van der Waals surface area contributed by atoms with Gasteiger partial charge in [0.15, 0.2) is 0 Å². The van der Waals surface area contributed by atoms with Crippen molar-refractivity contribution in [3.63, 3.8) is 0 Å². The Morgan fingerprint density at radius 2 is 2.18 bits per heavy atom. The number of benzene rings is 1. The highest BCUT2D eigenvalue weighted by Gasteiger charge is 2.29. The Kier molecular flexibility index (Phi) is 3.84. The first-order valence-electron chi connectivity index (χ1n) is 7.19. The van der Waals surface area contributed by atoms with Gasteiger partial charge in [0.05, 0.1) is 9.80 Å². The molecule has 0 aliphatic carbocycles. The second kappa shape index (κ2) is 5.66. The van der Waals surface area contributed by atoms with E-state index in [0.717, 1.165) is 16.6 Å². The average Bonchev–Trinajstić information content (AvgIpc) is 2.92. The highest BCUT2D eigenvalue weighted by molar-refractivity contribution is 7.20. The number of hydrogen-bond donors (Lipinski definition) is 1. The fourth-order valence-electron chi connectivity index (χ4n) is 2.73. The highest BCUT2D eigenvalue weighted by Crippen LogP contribution is 2.30. The molecule has 0 bridgehead atoms. The van der Waals surface area contributed by atoms with E-state index in [-0.39, 0.29) is 23.7 Å². The number of thiophene rings is 1. The summed E-state index contributed by atoms with van der Waals surface area (Å²) < 4.78 is 0.893. The maximum atomic E-state index is 12.7. The lowest BCUT2D eigenvalue weighted by atomic mass is 10.1. The number of hydrogen-bond acceptors (Lipinski definition) is 5. The molecule has 2 unspecified atom stereocenters. The zero-order chi connectivity index (χ0) is 15.9. The normalized spacial score (nSPS) is 22.0. The van der Waals surface area contributed by atoms with Crippen molar-refractivity contribution < 1.29 is 9.72 Å². The molecule has 1 aliphatic rings. The van der Waals surface area contributed by atoms with Crippen molar-refractivity contribution in [2.24, 2.45) is 0 Å². The lowest BCUT2D eigenvalue weighted by Crippen LogP contribution is -2.57. The monoisotopic (exact) mass is 319 g/mol. The van der Waals surface area contributed by atoms with E-state index in [1.165, 1.54) is 23.5 Å². The summed E-state index contributed by atoms with van der Waals surface area (Å²) >= 11 is 1.39. The Balaban J connectivity index is 1.92. The topological polar surface area (TPSA) is 75.5 Å². The van der Waals surface area contributed by atoms with Crippen LogP contribution in [-0.2, 0) is 0 Å². The van der Waals surface area contributed by atoms with Gasteiger partial charge in [-0.25, -0.2) is 0 Å². The van der Waals surface area contributed by atoms with Gasteiger partial charge in [-0.1, -0.05) is 0 Å². The van der Waals surface area contributed by atoms with Crippen LogP contribution < -0.4 is 5.32 Å². The molecule has 1 aromatic carbocycles. The summed E-state index contributed by atoms with van der Waals surface area (Å²) in [6.07, 6.45) is 0. The Bertz CT molecular complexity index is 743. The standard InChI is InChI=1S/C15H17N3O3S/c1-9-10(2)17(6-5-16-9)15(19)14-8-11-7-12(18(20)21)3-4-13(11)22-14/h3-4,7-10,16H,5-6H2,1-2H3. The van der Waals surface area contributed by atoms with E-state index in [0.29, 0.717) is 11.4 Å². The van der Waals surface area contributed by atoms with Gasteiger partial charge in [0.2, 0.25) is 0 Å². The van der Waals surface area contributed by atoms with Crippen LogP contribution in [0.1, 0.15) is 23.5 Å². The molecule has 116 valence electrons. The second-order valence-electron chi connectivity index (χ2n) is 5.57. The van der Waals surface area contributed by atoms with Crippen molar-refractivity contribution in [3.8, 4) is 0 Å². The molecule has 1 fully saturated rings. The molecule has 2 aromatic rings. The molecule has 0 saturated carbocycles. The molecule has 1 saturated heterocycles. The smallest absolute Gasteiger partial charge is 0.270 e. The fourth-order valence-corrected chi connectivity index (χ4v) is 3.73. The van der Waals surface area contributed by atoms with Crippen LogP contribution in [-0.4, -0.2) is 40.9 Å². The van der Waals surface area contributed by atoms with Crippen LogP contribution in [0.25, 0.3) is 10.1 Å². The molecule has 22 heavy (non-hydrogen) atoms. The lowest BCUT2D eigenvalue weighted by Gasteiger charge is -2.38. The van der Waals surface area contributed by atoms with Gasteiger partial charge in [0, 0.05) is 47.4 Å². The second-order valence-corrected chi connectivity index (χ2v) is 6.66. The van der Waals surface area contributed by atoms with E-state index in [2.05, 4.69) is 12.2 Å². The molecule has 2 atom stereocenters. The minimum Gasteiger partial charge on any atom is -0.332 e. The predicted octanol–water partition coefficient (Wildman–Crippen LogP) is 2.63. The summed E-state index contributed by atoms with van der Waals surface area (Å²) in [5.74, 6) is 0.00435. The van der Waals surface area contributed by atoms with Crippen molar-refractivity contribution >= 4 is 33.0 Å². The van der Waals surface area contributed by atoms with Crippen LogP contribution in [0, 0.1) is 10.1 Å². The first-order valence-corrected chi connectivity index (χ1v) is 8.01. The summed E-state index contributed by atoms with van der Waals surface area (Å²) in [5, 5.41) is 14.9. The summed E-state index contributed by atoms with van der Waals surface area (Å²) in [6.45, 7) is 5.57. The number of nitrogens with zero attached hydrogens (tertiary/aromatic N) is 2. The number of nitrogens with one attached hydrogen (secondary N) is 1. The number of amides is 1. The molecular formula is C15H17N3O3S. The molecular weight excluding hydrogens is 302 g/mol. The van der Waals surface area contributed by atoms with E-state index in [1.54, 1.807) is 12.1 Å². The van der Waals surface area contributed by atoms with Gasteiger partial charge in [0.25, 0.3) is 11.6 Å². The Morgan fingerprint density at radius 1 is 1.41 bits per heavy atom. The number of rotatable bonds is 2. The SMILES string of the molecule is CC1NCCN(C(=O)c2cc3cc([N+](=O)[O-])ccc3s2)C1C. The lowest BCUT2D eigenvalue weighted by molar-refractivity contribution is -0.384. The number of carbonyl (C=O) groups excluding carboxylic acids is 1. The van der Waals surface area contributed by atoms with Crippen LogP contribution in [0.4, 0.5) is 5.69 Å². The molecule has 3 rings (SSSR count). The van der Waals surface area contributed by atoms with E-state index < -0.39 is 4.92 Å². The Labute approximate surface area is 131 Å². The van der Waals surface area contributed by atoms with Gasteiger partial charge in [-0.05, 0) is 26.0 Å². The van der Waals surface area contributed by atoms with Gasteiger partial charge in [0.1, 0.15) is 0 Å². The van der Waals surface area contributed by atoms with Crippen molar-refractivity contribution in [3.05, 3.63) is 39.3 Å². The number of piperazine rings is 1.